The molecule has 2 amide bonds. The van der Waals surface area contributed by atoms with Gasteiger partial charge in [-0.15, -0.1) is 0 Å². The van der Waals surface area contributed by atoms with Gasteiger partial charge in [-0.3, -0.25) is 13.9 Å². The lowest BCUT2D eigenvalue weighted by atomic mass is 10.1. The number of nitrogens with one attached hydrogen (secondary N) is 1. The Morgan fingerprint density at radius 1 is 1.03 bits per heavy atom. The van der Waals surface area contributed by atoms with Crippen molar-refractivity contribution in [2.24, 2.45) is 0 Å². The molecule has 0 fully saturated rings. The van der Waals surface area contributed by atoms with Gasteiger partial charge in [-0.2, -0.15) is 0 Å². The lowest BCUT2D eigenvalue weighted by Crippen LogP contribution is -2.47. The molecular weight excluding hydrogens is 478 g/mol. The third kappa shape index (κ3) is 8.86. The van der Waals surface area contributed by atoms with Gasteiger partial charge in [0.2, 0.25) is 21.8 Å². The summed E-state index contributed by atoms with van der Waals surface area (Å²) in [6, 6.07) is 14.0. The summed E-state index contributed by atoms with van der Waals surface area (Å²) in [6.07, 6.45) is 2.37. The number of hydrogen-bond acceptors (Lipinski definition) is 5. The van der Waals surface area contributed by atoms with Crippen molar-refractivity contribution in [1.29, 1.82) is 0 Å². The standard InChI is InChI=1S/C27H39N3O5S/c1-6-18-28-27(32)22(4)29(20-23-12-10-21(3)11-13-23)26(31)9-8-19-30(36(5,33)34)24-14-16-25(17-15-24)35-7-2/h10-17,22H,6-9,18-20H2,1-5H3,(H,28,32)/t22-/m0/s1. The second kappa shape index (κ2) is 13.9. The van der Waals surface area contributed by atoms with E-state index in [1.54, 1.807) is 36.1 Å². The minimum atomic E-state index is -3.55. The zero-order valence-corrected chi connectivity index (χ0v) is 22.8. The largest absolute Gasteiger partial charge is 0.494 e. The normalized spacial score (nSPS) is 12.0. The Morgan fingerprint density at radius 2 is 1.67 bits per heavy atom. The topological polar surface area (TPSA) is 96.0 Å². The first-order chi connectivity index (χ1) is 17.1. The van der Waals surface area contributed by atoms with E-state index in [2.05, 4.69) is 5.32 Å². The molecule has 1 atom stereocenters. The second-order valence-electron chi connectivity index (χ2n) is 8.84. The average molecular weight is 518 g/mol. The summed E-state index contributed by atoms with van der Waals surface area (Å²) in [5.41, 5.74) is 2.55. The molecule has 1 N–H and O–H groups in total. The maximum absolute atomic E-state index is 13.3. The highest BCUT2D eigenvalue weighted by molar-refractivity contribution is 7.92. The highest BCUT2D eigenvalue weighted by atomic mass is 32.2. The van der Waals surface area contributed by atoms with E-state index in [-0.39, 0.29) is 24.8 Å². The van der Waals surface area contributed by atoms with Gasteiger partial charge in [-0.1, -0.05) is 36.8 Å². The van der Waals surface area contributed by atoms with E-state index in [9.17, 15) is 18.0 Å². The molecule has 2 aromatic rings. The Labute approximate surface area is 215 Å². The molecule has 0 saturated carbocycles. The van der Waals surface area contributed by atoms with Crippen molar-refractivity contribution < 1.29 is 22.7 Å². The Balaban J connectivity index is 2.13. The molecule has 8 nitrogen and oxygen atoms in total. The highest BCUT2D eigenvalue weighted by Gasteiger charge is 2.26. The van der Waals surface area contributed by atoms with Gasteiger partial charge in [0.1, 0.15) is 11.8 Å². The molecule has 0 aliphatic heterocycles. The molecule has 0 unspecified atom stereocenters. The van der Waals surface area contributed by atoms with Crippen LogP contribution < -0.4 is 14.4 Å². The smallest absolute Gasteiger partial charge is 0.242 e. The molecule has 0 bridgehead atoms. The highest BCUT2D eigenvalue weighted by Crippen LogP contribution is 2.22. The maximum atomic E-state index is 13.3. The van der Waals surface area contributed by atoms with Crippen LogP contribution in [-0.2, 0) is 26.2 Å². The summed E-state index contributed by atoms with van der Waals surface area (Å²) >= 11 is 0. The number of amides is 2. The Morgan fingerprint density at radius 3 is 2.22 bits per heavy atom. The Bertz CT molecular complexity index is 1090. The van der Waals surface area contributed by atoms with Gasteiger partial charge in [0.05, 0.1) is 18.6 Å². The van der Waals surface area contributed by atoms with Gasteiger partial charge in [0.25, 0.3) is 0 Å². The number of anilines is 1. The van der Waals surface area contributed by atoms with E-state index in [1.165, 1.54) is 4.31 Å². The number of nitrogens with zero attached hydrogens (tertiary/aromatic N) is 2. The van der Waals surface area contributed by atoms with Crippen molar-refractivity contribution in [3.05, 3.63) is 59.7 Å². The van der Waals surface area contributed by atoms with Crippen molar-refractivity contribution >= 4 is 27.5 Å². The summed E-state index contributed by atoms with van der Waals surface area (Å²) in [5, 5.41) is 2.86. The minimum Gasteiger partial charge on any atom is -0.494 e. The maximum Gasteiger partial charge on any atom is 0.242 e. The SMILES string of the molecule is CCCNC(=O)[C@H](C)N(Cc1ccc(C)cc1)C(=O)CCCN(c1ccc(OCC)cc1)S(C)(=O)=O. The molecule has 0 radical (unpaired) electrons. The lowest BCUT2D eigenvalue weighted by molar-refractivity contribution is -0.140. The molecule has 2 rings (SSSR count). The van der Waals surface area contributed by atoms with Gasteiger partial charge in [-0.05, 0) is 63.4 Å². The molecule has 0 heterocycles. The van der Waals surface area contributed by atoms with Crippen LogP contribution in [0.5, 0.6) is 5.75 Å². The van der Waals surface area contributed by atoms with Gasteiger partial charge in [-0.25, -0.2) is 8.42 Å². The molecule has 0 aromatic heterocycles. The summed E-state index contributed by atoms with van der Waals surface area (Å²) < 4.78 is 31.7. The molecule has 0 saturated heterocycles. The van der Waals surface area contributed by atoms with Crippen LogP contribution in [0, 0.1) is 6.92 Å². The summed E-state index contributed by atoms with van der Waals surface area (Å²) in [7, 11) is -3.55. The van der Waals surface area contributed by atoms with Crippen LogP contribution in [0.15, 0.2) is 48.5 Å². The fourth-order valence-electron chi connectivity index (χ4n) is 3.75. The zero-order chi connectivity index (χ0) is 26.7. The van der Waals surface area contributed by atoms with Gasteiger partial charge < -0.3 is 15.0 Å². The van der Waals surface area contributed by atoms with E-state index in [4.69, 9.17) is 4.74 Å². The molecule has 9 heteroatoms. The number of benzene rings is 2. The van der Waals surface area contributed by atoms with Crippen molar-refractivity contribution in [2.45, 2.75) is 59.5 Å². The molecule has 0 spiro atoms. The van der Waals surface area contributed by atoms with Crippen LogP contribution in [0.25, 0.3) is 0 Å². The quantitative estimate of drug-likeness (QED) is 0.410. The van der Waals surface area contributed by atoms with Crippen molar-refractivity contribution in [2.75, 3.05) is 30.3 Å². The first-order valence-electron chi connectivity index (χ1n) is 12.4. The molecule has 198 valence electrons. The third-order valence-electron chi connectivity index (χ3n) is 5.78. The minimum absolute atomic E-state index is 0.111. The van der Waals surface area contributed by atoms with Crippen LogP contribution in [0.2, 0.25) is 0 Å². The number of carbonyl (C=O) groups is 2. The summed E-state index contributed by atoms with van der Waals surface area (Å²) in [5.74, 6) is 0.256. The van der Waals surface area contributed by atoms with E-state index in [0.29, 0.717) is 37.6 Å². The molecule has 2 aromatic carbocycles. The van der Waals surface area contributed by atoms with Crippen LogP contribution in [0.4, 0.5) is 5.69 Å². The Kier molecular flexibility index (Phi) is 11.2. The van der Waals surface area contributed by atoms with E-state index >= 15 is 0 Å². The first-order valence-corrected chi connectivity index (χ1v) is 14.2. The predicted octanol–water partition coefficient (Wildman–Crippen LogP) is 3.88. The van der Waals surface area contributed by atoms with Crippen LogP contribution in [0.3, 0.4) is 0 Å². The number of sulfonamides is 1. The number of aryl methyl sites for hydroxylation is 1. The van der Waals surface area contributed by atoms with Gasteiger partial charge in [0, 0.05) is 26.1 Å². The van der Waals surface area contributed by atoms with Gasteiger partial charge in [0.15, 0.2) is 0 Å². The molecule has 0 aliphatic rings. The molecular formula is C27H39N3O5S. The van der Waals surface area contributed by atoms with E-state index in [0.717, 1.165) is 23.8 Å². The molecule has 36 heavy (non-hydrogen) atoms. The zero-order valence-electron chi connectivity index (χ0n) is 22.0. The number of rotatable bonds is 14. The summed E-state index contributed by atoms with van der Waals surface area (Å²) in [6.45, 7) is 9.07. The van der Waals surface area contributed by atoms with E-state index < -0.39 is 16.1 Å². The monoisotopic (exact) mass is 517 g/mol. The second-order valence-corrected chi connectivity index (χ2v) is 10.7. The lowest BCUT2D eigenvalue weighted by Gasteiger charge is -2.29. The fraction of sp³-hybridized carbons (Fsp3) is 0.481. The summed E-state index contributed by atoms with van der Waals surface area (Å²) in [4.78, 5) is 27.5. The Hall–Kier alpha value is -3.07. The van der Waals surface area contributed by atoms with Crippen molar-refractivity contribution in [1.82, 2.24) is 10.2 Å². The fourth-order valence-corrected chi connectivity index (χ4v) is 4.71. The van der Waals surface area contributed by atoms with Gasteiger partial charge >= 0.3 is 0 Å². The van der Waals surface area contributed by atoms with Crippen LogP contribution >= 0.6 is 0 Å². The van der Waals surface area contributed by atoms with Crippen molar-refractivity contribution in [3.8, 4) is 5.75 Å². The first kappa shape index (κ1) is 29.2. The predicted molar refractivity (Wildman–Crippen MR) is 144 cm³/mol. The third-order valence-corrected chi connectivity index (χ3v) is 6.97. The number of carbonyl (C=O) groups excluding carboxylic acids is 2. The van der Waals surface area contributed by atoms with Crippen molar-refractivity contribution in [3.63, 3.8) is 0 Å². The van der Waals surface area contributed by atoms with Crippen LogP contribution in [-0.4, -0.2) is 57.1 Å². The average Bonchev–Trinajstić information content (AvgIpc) is 2.84. The van der Waals surface area contributed by atoms with E-state index in [1.807, 2.05) is 45.0 Å². The number of hydrogen-bond donors (Lipinski definition) is 1. The van der Waals surface area contributed by atoms with Crippen LogP contribution in [0.1, 0.15) is 51.2 Å². The number of ether oxygens (including phenoxy) is 1. The molecule has 0 aliphatic carbocycles.